The molecule has 33 heavy (non-hydrogen) atoms. The highest BCUT2D eigenvalue weighted by Gasteiger charge is 2.55. The first-order valence-electron chi connectivity index (χ1n) is 10.9. The van der Waals surface area contributed by atoms with Crippen molar-refractivity contribution in [2.45, 2.75) is 49.1 Å². The van der Waals surface area contributed by atoms with E-state index in [4.69, 9.17) is 30.5 Å². The zero-order valence-corrected chi connectivity index (χ0v) is 19.0. The second kappa shape index (κ2) is 10.2. The summed E-state index contributed by atoms with van der Waals surface area (Å²) in [6.07, 6.45) is -4.33. The zero-order chi connectivity index (χ0) is 23.6. The highest BCUT2D eigenvalue weighted by molar-refractivity contribution is 6.31. The molecule has 2 aliphatic rings. The molecule has 0 saturated carbocycles. The van der Waals surface area contributed by atoms with E-state index in [1.807, 2.05) is 24.3 Å². The van der Waals surface area contributed by atoms with E-state index in [1.165, 1.54) is 7.11 Å². The number of ether oxygens (including phenoxy) is 4. The number of aliphatic hydroxyl groups is 4. The van der Waals surface area contributed by atoms with Crippen molar-refractivity contribution < 1.29 is 39.4 Å². The lowest BCUT2D eigenvalue weighted by molar-refractivity contribution is -0.366. The molecule has 9 heteroatoms. The van der Waals surface area contributed by atoms with Gasteiger partial charge >= 0.3 is 0 Å². The lowest BCUT2D eigenvalue weighted by Gasteiger charge is -2.47. The monoisotopic (exact) mass is 480 g/mol. The van der Waals surface area contributed by atoms with Gasteiger partial charge in [-0.3, -0.25) is 0 Å². The third-order valence-corrected chi connectivity index (χ3v) is 6.58. The molecule has 0 radical (unpaired) electrons. The van der Waals surface area contributed by atoms with Crippen molar-refractivity contribution in [2.24, 2.45) is 0 Å². The van der Waals surface area contributed by atoms with E-state index < -0.39 is 36.8 Å². The van der Waals surface area contributed by atoms with Crippen molar-refractivity contribution in [1.29, 1.82) is 0 Å². The SMILES string of the molecule is CO[C@@]1(c2ccc(Cl)c(Cc3ccc(O[C@@H]4CCOC4)cc3)c2)O[C@@H](CO)[C@@H](O)[C@H](O)[C@H]1O. The molecule has 8 nitrogen and oxygen atoms in total. The molecule has 0 aliphatic carbocycles. The van der Waals surface area contributed by atoms with Gasteiger partial charge < -0.3 is 39.4 Å². The van der Waals surface area contributed by atoms with Crippen LogP contribution < -0.4 is 4.74 Å². The molecule has 4 rings (SSSR count). The second-order valence-electron chi connectivity index (χ2n) is 8.37. The minimum absolute atomic E-state index is 0.0748. The Morgan fingerprint density at radius 3 is 2.48 bits per heavy atom. The molecular formula is C24H29ClO8. The van der Waals surface area contributed by atoms with Crippen LogP contribution in [0.3, 0.4) is 0 Å². The number of rotatable bonds is 7. The smallest absolute Gasteiger partial charge is 0.224 e. The van der Waals surface area contributed by atoms with Crippen molar-refractivity contribution in [1.82, 2.24) is 0 Å². The standard InChI is InChI=1S/C24H29ClO8/c1-30-24(23(29)22(28)21(27)20(12-26)33-24)16-4-7-19(25)15(11-16)10-14-2-5-17(6-3-14)32-18-8-9-31-13-18/h2-7,11,18,20-23,26-29H,8-10,12-13H2,1H3/t18-,20+,21-,22+,23-,24+/m1/s1. The number of hydrogen-bond donors (Lipinski definition) is 4. The van der Waals surface area contributed by atoms with E-state index in [0.29, 0.717) is 30.2 Å². The van der Waals surface area contributed by atoms with Crippen LogP contribution in [0.2, 0.25) is 5.02 Å². The molecule has 0 aromatic heterocycles. The topological polar surface area (TPSA) is 118 Å². The van der Waals surface area contributed by atoms with Gasteiger partial charge in [-0.1, -0.05) is 29.8 Å². The van der Waals surface area contributed by atoms with E-state index in [0.717, 1.165) is 23.3 Å². The molecule has 180 valence electrons. The molecule has 0 unspecified atom stereocenters. The van der Waals surface area contributed by atoms with Crippen LogP contribution in [0.25, 0.3) is 0 Å². The van der Waals surface area contributed by atoms with E-state index in [2.05, 4.69) is 0 Å². The van der Waals surface area contributed by atoms with E-state index in [9.17, 15) is 20.4 Å². The largest absolute Gasteiger partial charge is 0.488 e. The van der Waals surface area contributed by atoms with Crippen LogP contribution in [0.4, 0.5) is 0 Å². The summed E-state index contributed by atoms with van der Waals surface area (Å²) < 4.78 is 22.5. The van der Waals surface area contributed by atoms with Gasteiger partial charge in [0, 0.05) is 24.1 Å². The Hall–Kier alpha value is -1.75. The lowest BCUT2D eigenvalue weighted by atomic mass is 9.87. The summed E-state index contributed by atoms with van der Waals surface area (Å²) in [5.41, 5.74) is 2.15. The number of methoxy groups -OCH3 is 1. The molecule has 0 amide bonds. The van der Waals surface area contributed by atoms with Crippen LogP contribution in [0, 0.1) is 0 Å². The van der Waals surface area contributed by atoms with Crippen molar-refractivity contribution in [3.05, 3.63) is 64.2 Å². The molecule has 6 atom stereocenters. The normalized spacial score (nSPS) is 32.1. The zero-order valence-electron chi connectivity index (χ0n) is 18.3. The summed E-state index contributed by atoms with van der Waals surface area (Å²) in [5.74, 6) is -1.01. The number of aliphatic hydroxyl groups excluding tert-OH is 4. The first-order valence-corrected chi connectivity index (χ1v) is 11.3. The predicted octanol–water partition coefficient (Wildman–Crippen LogP) is 1.37. The van der Waals surface area contributed by atoms with Gasteiger partial charge in [0.15, 0.2) is 0 Å². The Labute approximate surface area is 197 Å². The molecule has 4 N–H and O–H groups in total. The molecule has 2 heterocycles. The minimum atomic E-state index is -1.79. The van der Waals surface area contributed by atoms with Gasteiger partial charge in [-0.25, -0.2) is 0 Å². The van der Waals surface area contributed by atoms with Crippen molar-refractivity contribution in [2.75, 3.05) is 26.9 Å². The average molecular weight is 481 g/mol. The van der Waals surface area contributed by atoms with Gasteiger partial charge in [-0.15, -0.1) is 0 Å². The summed E-state index contributed by atoms with van der Waals surface area (Å²) in [7, 11) is 1.32. The number of halogens is 1. The molecule has 2 aliphatic heterocycles. The summed E-state index contributed by atoms with van der Waals surface area (Å²) in [6, 6.07) is 12.7. The molecule has 2 saturated heterocycles. The predicted molar refractivity (Wildman–Crippen MR) is 119 cm³/mol. The van der Waals surface area contributed by atoms with Gasteiger partial charge in [0.2, 0.25) is 5.79 Å². The minimum Gasteiger partial charge on any atom is -0.488 e. The lowest BCUT2D eigenvalue weighted by Crippen LogP contribution is -2.64. The fraction of sp³-hybridized carbons (Fsp3) is 0.500. The van der Waals surface area contributed by atoms with Crippen LogP contribution in [0.15, 0.2) is 42.5 Å². The summed E-state index contributed by atoms with van der Waals surface area (Å²) >= 11 is 6.45. The van der Waals surface area contributed by atoms with E-state index >= 15 is 0 Å². The highest BCUT2D eigenvalue weighted by atomic mass is 35.5. The number of benzene rings is 2. The van der Waals surface area contributed by atoms with Crippen LogP contribution in [-0.2, 0) is 26.4 Å². The molecule has 0 spiro atoms. The fourth-order valence-electron chi connectivity index (χ4n) is 4.30. The van der Waals surface area contributed by atoms with E-state index in [-0.39, 0.29) is 6.10 Å². The maximum atomic E-state index is 10.7. The quantitative estimate of drug-likeness (QED) is 0.469. The second-order valence-corrected chi connectivity index (χ2v) is 8.77. The Balaban J connectivity index is 1.57. The fourth-order valence-corrected chi connectivity index (χ4v) is 4.48. The summed E-state index contributed by atoms with van der Waals surface area (Å²) in [6.45, 7) is 0.758. The molecule has 2 aromatic carbocycles. The van der Waals surface area contributed by atoms with Gasteiger partial charge in [0.25, 0.3) is 0 Å². The van der Waals surface area contributed by atoms with Crippen molar-refractivity contribution in [3.8, 4) is 5.75 Å². The Morgan fingerprint density at radius 2 is 1.85 bits per heavy atom. The first-order chi connectivity index (χ1) is 15.9. The van der Waals surface area contributed by atoms with Crippen LogP contribution >= 0.6 is 11.6 Å². The Morgan fingerprint density at radius 1 is 1.09 bits per heavy atom. The summed E-state index contributed by atoms with van der Waals surface area (Å²) in [4.78, 5) is 0. The van der Waals surface area contributed by atoms with Crippen LogP contribution in [0.1, 0.15) is 23.1 Å². The van der Waals surface area contributed by atoms with Gasteiger partial charge in [0.1, 0.15) is 36.3 Å². The first kappa shape index (κ1) is 24.4. The van der Waals surface area contributed by atoms with E-state index in [1.54, 1.807) is 18.2 Å². The highest BCUT2D eigenvalue weighted by Crippen LogP contribution is 2.40. The molecule has 2 fully saturated rings. The van der Waals surface area contributed by atoms with Gasteiger partial charge in [0.05, 0.1) is 19.8 Å². The Kier molecular flexibility index (Phi) is 7.57. The Bertz CT molecular complexity index is 931. The average Bonchev–Trinajstić information content (AvgIpc) is 3.34. The maximum absolute atomic E-state index is 10.7. The maximum Gasteiger partial charge on any atom is 0.224 e. The van der Waals surface area contributed by atoms with Crippen LogP contribution in [0.5, 0.6) is 5.75 Å². The van der Waals surface area contributed by atoms with Crippen molar-refractivity contribution in [3.63, 3.8) is 0 Å². The van der Waals surface area contributed by atoms with Crippen LogP contribution in [-0.4, -0.2) is 77.9 Å². The molecule has 2 aromatic rings. The van der Waals surface area contributed by atoms with Crippen molar-refractivity contribution >= 4 is 11.6 Å². The number of hydrogen-bond acceptors (Lipinski definition) is 8. The molecular weight excluding hydrogens is 452 g/mol. The molecule has 0 bridgehead atoms. The van der Waals surface area contributed by atoms with Gasteiger partial charge in [-0.05, 0) is 41.8 Å². The third kappa shape index (κ3) is 4.89. The van der Waals surface area contributed by atoms with Gasteiger partial charge in [-0.2, -0.15) is 0 Å². The third-order valence-electron chi connectivity index (χ3n) is 6.21. The summed E-state index contributed by atoms with van der Waals surface area (Å²) in [5, 5.41) is 41.3.